The summed E-state index contributed by atoms with van der Waals surface area (Å²) in [6.07, 6.45) is 16.1. The molecular formula is C17H28N2. The van der Waals surface area contributed by atoms with Crippen molar-refractivity contribution in [1.29, 1.82) is 0 Å². The third-order valence-corrected chi connectivity index (χ3v) is 2.46. The number of aryl methyl sites for hydroxylation is 2. The van der Waals surface area contributed by atoms with Gasteiger partial charge in [0.2, 0.25) is 0 Å². The Balaban J connectivity index is 0.000000573. The minimum Gasteiger partial charge on any atom is -0.272 e. The molecule has 0 aliphatic heterocycles. The van der Waals surface area contributed by atoms with E-state index in [0.29, 0.717) is 0 Å². The number of aromatic nitrogens is 2. The maximum absolute atomic E-state index is 4.27. The van der Waals surface area contributed by atoms with Crippen LogP contribution in [-0.2, 0) is 6.54 Å². The fourth-order valence-electron chi connectivity index (χ4n) is 1.69. The van der Waals surface area contributed by atoms with Gasteiger partial charge in [0.15, 0.2) is 0 Å². The Morgan fingerprint density at radius 3 is 2.53 bits per heavy atom. The molecule has 0 bridgehead atoms. The van der Waals surface area contributed by atoms with Gasteiger partial charge in [-0.3, -0.25) is 4.68 Å². The van der Waals surface area contributed by atoms with Crippen molar-refractivity contribution in [1.82, 2.24) is 9.78 Å². The van der Waals surface area contributed by atoms with Crippen LogP contribution in [0.15, 0.2) is 48.8 Å². The molecule has 0 aromatic carbocycles. The van der Waals surface area contributed by atoms with Crippen molar-refractivity contribution in [2.75, 3.05) is 0 Å². The van der Waals surface area contributed by atoms with E-state index >= 15 is 0 Å². The van der Waals surface area contributed by atoms with Crippen LogP contribution in [0.3, 0.4) is 0 Å². The molecule has 1 heterocycles. The summed E-state index contributed by atoms with van der Waals surface area (Å²) in [5.74, 6) is 0. The lowest BCUT2D eigenvalue weighted by molar-refractivity contribution is 0.614. The summed E-state index contributed by atoms with van der Waals surface area (Å²) >= 11 is 0. The first-order chi connectivity index (χ1) is 9.26. The maximum atomic E-state index is 4.27. The van der Waals surface area contributed by atoms with E-state index in [1.807, 2.05) is 31.6 Å². The van der Waals surface area contributed by atoms with E-state index in [0.717, 1.165) is 13.0 Å². The van der Waals surface area contributed by atoms with E-state index < -0.39 is 0 Å². The third-order valence-electron chi connectivity index (χ3n) is 2.46. The summed E-state index contributed by atoms with van der Waals surface area (Å²) in [5, 5.41) is 4.27. The van der Waals surface area contributed by atoms with Gasteiger partial charge in [-0.1, -0.05) is 43.7 Å². The number of nitrogens with zero attached hydrogens (tertiary/aromatic N) is 2. The monoisotopic (exact) mass is 260 g/mol. The van der Waals surface area contributed by atoms with Gasteiger partial charge in [0.1, 0.15) is 0 Å². The molecule has 0 radical (unpaired) electrons. The lowest BCUT2D eigenvalue weighted by Crippen LogP contribution is -1.99. The van der Waals surface area contributed by atoms with Crippen LogP contribution < -0.4 is 0 Å². The number of rotatable bonds is 3. The summed E-state index contributed by atoms with van der Waals surface area (Å²) < 4.78 is 2.01. The smallest absolute Gasteiger partial charge is 0.0518 e. The van der Waals surface area contributed by atoms with Gasteiger partial charge in [-0.2, -0.15) is 5.10 Å². The van der Waals surface area contributed by atoms with Gasteiger partial charge >= 0.3 is 0 Å². The maximum Gasteiger partial charge on any atom is 0.0518 e. The zero-order chi connectivity index (χ0) is 14.5. The van der Waals surface area contributed by atoms with Crippen LogP contribution in [-0.4, -0.2) is 9.78 Å². The molecule has 0 spiro atoms. The zero-order valence-corrected chi connectivity index (χ0v) is 12.9. The summed E-state index contributed by atoms with van der Waals surface area (Å²) in [7, 11) is 0. The first-order valence-electron chi connectivity index (χ1n) is 7.18. The molecule has 0 saturated carbocycles. The van der Waals surface area contributed by atoms with Crippen LogP contribution >= 0.6 is 0 Å². The van der Waals surface area contributed by atoms with Gasteiger partial charge in [-0.15, -0.1) is 6.58 Å². The topological polar surface area (TPSA) is 17.8 Å². The zero-order valence-electron chi connectivity index (χ0n) is 12.9. The van der Waals surface area contributed by atoms with Crippen molar-refractivity contribution >= 4 is 0 Å². The standard InChI is InChI=1S/C12H16N2.C3H6.C2H6/c1-11-9-13-14(10-11)8-7-12-5-3-2-4-6-12;1-3-2;1-2/h3,5-6,9-10H,2,4,7-8H2,1H3;3H,1H2,2H3;1-2H3. The summed E-state index contributed by atoms with van der Waals surface area (Å²) in [5.41, 5.74) is 2.68. The lowest BCUT2D eigenvalue weighted by Gasteiger charge is -2.06. The third kappa shape index (κ3) is 8.20. The van der Waals surface area contributed by atoms with Gasteiger partial charge in [0, 0.05) is 12.7 Å². The second-order valence-corrected chi connectivity index (χ2v) is 4.20. The fraction of sp³-hybridized carbons (Fsp3) is 0.471. The highest BCUT2D eigenvalue weighted by Crippen LogP contribution is 2.13. The Bertz CT molecular complexity index is 397. The molecule has 1 aliphatic carbocycles. The summed E-state index contributed by atoms with van der Waals surface area (Å²) in [6, 6.07) is 0. The largest absolute Gasteiger partial charge is 0.272 e. The molecule has 0 amide bonds. The van der Waals surface area contributed by atoms with Crippen molar-refractivity contribution < 1.29 is 0 Å². The highest BCUT2D eigenvalue weighted by molar-refractivity contribution is 5.21. The Kier molecular flexibility index (Phi) is 10.6. The first-order valence-corrected chi connectivity index (χ1v) is 7.18. The SMILES string of the molecule is C=CC.CC.Cc1cnn(CCC2=CCCC=C2)c1. The predicted molar refractivity (Wildman–Crippen MR) is 85.3 cm³/mol. The van der Waals surface area contributed by atoms with Crippen molar-refractivity contribution in [2.24, 2.45) is 0 Å². The quantitative estimate of drug-likeness (QED) is 0.693. The average molecular weight is 260 g/mol. The van der Waals surface area contributed by atoms with Gasteiger partial charge in [-0.25, -0.2) is 0 Å². The number of hydrogen-bond donors (Lipinski definition) is 0. The number of hydrogen-bond acceptors (Lipinski definition) is 1. The molecule has 1 aromatic rings. The van der Waals surface area contributed by atoms with Crippen molar-refractivity contribution in [3.63, 3.8) is 0 Å². The van der Waals surface area contributed by atoms with E-state index in [4.69, 9.17) is 0 Å². The van der Waals surface area contributed by atoms with Crippen LogP contribution in [0.25, 0.3) is 0 Å². The minimum absolute atomic E-state index is 0.990. The molecule has 19 heavy (non-hydrogen) atoms. The van der Waals surface area contributed by atoms with E-state index in [9.17, 15) is 0 Å². The highest BCUT2D eigenvalue weighted by atomic mass is 15.3. The molecule has 0 atom stereocenters. The summed E-state index contributed by atoms with van der Waals surface area (Å²) in [4.78, 5) is 0. The first kappa shape index (κ1) is 17.4. The minimum atomic E-state index is 0.990. The molecule has 0 saturated heterocycles. The number of allylic oxidation sites excluding steroid dienone is 5. The molecule has 106 valence electrons. The van der Waals surface area contributed by atoms with E-state index in [-0.39, 0.29) is 0 Å². The molecule has 1 aromatic heterocycles. The summed E-state index contributed by atoms with van der Waals surface area (Å²) in [6.45, 7) is 12.3. The van der Waals surface area contributed by atoms with Crippen LogP contribution in [0.2, 0.25) is 0 Å². The van der Waals surface area contributed by atoms with Crippen LogP contribution in [0.5, 0.6) is 0 Å². The van der Waals surface area contributed by atoms with Crippen LogP contribution in [0.4, 0.5) is 0 Å². The molecule has 2 nitrogen and oxygen atoms in total. The molecule has 0 unspecified atom stereocenters. The molecule has 0 fully saturated rings. The Hall–Kier alpha value is -1.57. The molecule has 0 N–H and O–H groups in total. The normalized spacial score (nSPS) is 12.5. The van der Waals surface area contributed by atoms with Crippen LogP contribution in [0.1, 0.15) is 45.6 Å². The van der Waals surface area contributed by atoms with E-state index in [2.05, 4.69) is 43.0 Å². The van der Waals surface area contributed by atoms with Gasteiger partial charge in [-0.05, 0) is 38.7 Å². The molecule has 1 aliphatic rings. The van der Waals surface area contributed by atoms with Crippen molar-refractivity contribution in [3.8, 4) is 0 Å². The second-order valence-electron chi connectivity index (χ2n) is 4.20. The van der Waals surface area contributed by atoms with Gasteiger partial charge in [0.25, 0.3) is 0 Å². The molecule has 2 heteroatoms. The van der Waals surface area contributed by atoms with E-state index in [1.54, 1.807) is 6.08 Å². The molecule has 2 rings (SSSR count). The molecular weight excluding hydrogens is 232 g/mol. The second kappa shape index (κ2) is 11.5. The van der Waals surface area contributed by atoms with Crippen molar-refractivity contribution in [2.45, 2.75) is 53.5 Å². The Labute approximate surface area is 118 Å². The highest BCUT2D eigenvalue weighted by Gasteiger charge is 1.99. The lowest BCUT2D eigenvalue weighted by atomic mass is 10.0. The average Bonchev–Trinajstić information content (AvgIpc) is 2.87. The Morgan fingerprint density at radius 2 is 2.05 bits per heavy atom. The van der Waals surface area contributed by atoms with Crippen LogP contribution in [0, 0.1) is 6.92 Å². The fourth-order valence-corrected chi connectivity index (χ4v) is 1.69. The Morgan fingerprint density at radius 1 is 1.37 bits per heavy atom. The van der Waals surface area contributed by atoms with Gasteiger partial charge < -0.3 is 0 Å². The predicted octanol–water partition coefficient (Wildman–Crippen LogP) is 5.08. The van der Waals surface area contributed by atoms with Crippen molar-refractivity contribution in [3.05, 3.63) is 54.4 Å². The van der Waals surface area contributed by atoms with Gasteiger partial charge in [0.05, 0.1) is 6.20 Å². The van der Waals surface area contributed by atoms with E-state index in [1.165, 1.54) is 24.0 Å².